The van der Waals surface area contributed by atoms with Crippen LogP contribution in [-0.2, 0) is 11.3 Å². The Morgan fingerprint density at radius 3 is 2.61 bits per heavy atom. The number of amides is 1. The van der Waals surface area contributed by atoms with Crippen LogP contribution >= 0.6 is 11.3 Å². The average molecular weight is 263 g/mol. The van der Waals surface area contributed by atoms with Crippen LogP contribution in [0.4, 0.5) is 11.4 Å². The van der Waals surface area contributed by atoms with Gasteiger partial charge in [-0.1, -0.05) is 11.3 Å². The summed E-state index contributed by atoms with van der Waals surface area (Å²) < 4.78 is 1.44. The molecule has 2 rings (SSSR count). The first kappa shape index (κ1) is 12.4. The summed E-state index contributed by atoms with van der Waals surface area (Å²) in [5.41, 5.74) is 7.64. The van der Waals surface area contributed by atoms with E-state index in [4.69, 9.17) is 5.73 Å². The van der Waals surface area contributed by atoms with E-state index in [1.165, 1.54) is 4.57 Å². The molecule has 1 aromatic heterocycles. The zero-order valence-corrected chi connectivity index (χ0v) is 10.7. The molecule has 0 fully saturated rings. The molecule has 6 heteroatoms. The molecule has 5 nitrogen and oxygen atoms in total. The van der Waals surface area contributed by atoms with Crippen molar-refractivity contribution in [2.75, 3.05) is 11.1 Å². The van der Waals surface area contributed by atoms with E-state index in [1.54, 1.807) is 36.6 Å². The highest BCUT2D eigenvalue weighted by atomic mass is 32.1. The fourth-order valence-electron chi connectivity index (χ4n) is 1.51. The number of anilines is 2. The van der Waals surface area contributed by atoms with Crippen LogP contribution in [0.1, 0.15) is 5.69 Å². The third kappa shape index (κ3) is 2.78. The highest BCUT2D eigenvalue weighted by Crippen LogP contribution is 2.10. The van der Waals surface area contributed by atoms with Gasteiger partial charge in [-0.25, -0.2) is 0 Å². The zero-order chi connectivity index (χ0) is 13.1. The van der Waals surface area contributed by atoms with E-state index >= 15 is 0 Å². The fourth-order valence-corrected chi connectivity index (χ4v) is 2.24. The lowest BCUT2D eigenvalue weighted by Gasteiger charge is -2.06. The molecule has 0 saturated heterocycles. The Labute approximate surface area is 108 Å². The quantitative estimate of drug-likeness (QED) is 0.823. The van der Waals surface area contributed by atoms with Gasteiger partial charge in [0.2, 0.25) is 5.91 Å². The molecular weight excluding hydrogens is 250 g/mol. The third-order valence-corrected chi connectivity index (χ3v) is 3.35. The van der Waals surface area contributed by atoms with Crippen LogP contribution in [0, 0.1) is 6.92 Å². The number of aromatic nitrogens is 1. The molecule has 18 heavy (non-hydrogen) atoms. The fraction of sp³-hybridized carbons (Fsp3) is 0.167. The van der Waals surface area contributed by atoms with Gasteiger partial charge in [-0.15, -0.1) is 0 Å². The molecule has 3 N–H and O–H groups in total. The van der Waals surface area contributed by atoms with Crippen LogP contribution in [0.3, 0.4) is 0 Å². The smallest absolute Gasteiger partial charge is 0.307 e. The summed E-state index contributed by atoms with van der Waals surface area (Å²) in [6.45, 7) is 1.83. The Balaban J connectivity index is 2.05. The van der Waals surface area contributed by atoms with Gasteiger partial charge in [0.15, 0.2) is 0 Å². The van der Waals surface area contributed by atoms with Crippen molar-refractivity contribution in [2.45, 2.75) is 13.5 Å². The second kappa shape index (κ2) is 5.05. The molecule has 94 valence electrons. The second-order valence-electron chi connectivity index (χ2n) is 3.90. The highest BCUT2D eigenvalue weighted by Gasteiger charge is 2.08. The lowest BCUT2D eigenvalue weighted by atomic mass is 10.3. The maximum atomic E-state index is 11.8. The summed E-state index contributed by atoms with van der Waals surface area (Å²) in [6, 6.07) is 6.85. The minimum atomic E-state index is -0.233. The zero-order valence-electron chi connectivity index (χ0n) is 9.84. The Bertz CT molecular complexity index is 613. The normalized spacial score (nSPS) is 10.3. The minimum Gasteiger partial charge on any atom is -0.399 e. The van der Waals surface area contributed by atoms with E-state index in [9.17, 15) is 9.59 Å². The van der Waals surface area contributed by atoms with Crippen molar-refractivity contribution >= 4 is 28.6 Å². The van der Waals surface area contributed by atoms with Gasteiger partial charge in [0.25, 0.3) is 0 Å². The van der Waals surface area contributed by atoms with Gasteiger partial charge in [-0.2, -0.15) is 0 Å². The van der Waals surface area contributed by atoms with Crippen molar-refractivity contribution in [3.05, 3.63) is 45.0 Å². The molecule has 0 bridgehead atoms. The van der Waals surface area contributed by atoms with Gasteiger partial charge < -0.3 is 11.1 Å². The summed E-state index contributed by atoms with van der Waals surface area (Å²) in [5.74, 6) is -0.233. The number of benzene rings is 1. The summed E-state index contributed by atoms with van der Waals surface area (Å²) in [4.78, 5) is 23.1. The van der Waals surface area contributed by atoms with Gasteiger partial charge >= 0.3 is 4.87 Å². The summed E-state index contributed by atoms with van der Waals surface area (Å²) in [5, 5.41) is 4.45. The molecule has 0 saturated carbocycles. The number of carbonyl (C=O) groups is 1. The van der Waals surface area contributed by atoms with Crippen molar-refractivity contribution in [2.24, 2.45) is 0 Å². The number of carbonyl (C=O) groups excluding carboxylic acids is 1. The number of nitrogens with zero attached hydrogens (tertiary/aromatic N) is 1. The Hall–Kier alpha value is -2.08. The molecule has 0 unspecified atom stereocenters. The molecule has 0 aliphatic heterocycles. The number of thiazole rings is 1. The van der Waals surface area contributed by atoms with Gasteiger partial charge in [0.05, 0.1) is 0 Å². The molecule has 1 amide bonds. The monoisotopic (exact) mass is 263 g/mol. The Kier molecular flexibility index (Phi) is 3.47. The van der Waals surface area contributed by atoms with Gasteiger partial charge in [0, 0.05) is 22.4 Å². The van der Waals surface area contributed by atoms with Crippen LogP contribution in [0.5, 0.6) is 0 Å². The number of hydrogen-bond acceptors (Lipinski definition) is 4. The van der Waals surface area contributed by atoms with Crippen LogP contribution in [0.15, 0.2) is 34.4 Å². The first-order valence-corrected chi connectivity index (χ1v) is 6.24. The predicted molar refractivity (Wildman–Crippen MR) is 72.8 cm³/mol. The lowest BCUT2D eigenvalue weighted by molar-refractivity contribution is -0.116. The van der Waals surface area contributed by atoms with E-state index in [1.807, 2.05) is 0 Å². The molecule has 0 aliphatic rings. The van der Waals surface area contributed by atoms with E-state index < -0.39 is 0 Å². The third-order valence-electron chi connectivity index (χ3n) is 2.47. The number of aryl methyl sites for hydroxylation is 1. The van der Waals surface area contributed by atoms with Gasteiger partial charge in [-0.05, 0) is 31.2 Å². The summed E-state index contributed by atoms with van der Waals surface area (Å²) in [6.07, 6.45) is 0. The number of rotatable bonds is 3. The average Bonchev–Trinajstić information content (AvgIpc) is 2.64. The van der Waals surface area contributed by atoms with E-state index in [0.29, 0.717) is 11.4 Å². The van der Waals surface area contributed by atoms with E-state index in [-0.39, 0.29) is 17.3 Å². The largest absolute Gasteiger partial charge is 0.399 e. The highest BCUT2D eigenvalue weighted by molar-refractivity contribution is 7.07. The standard InChI is InChI=1S/C12H13N3O2S/c1-8-7-18-12(17)15(8)6-11(16)14-10-4-2-9(13)3-5-10/h2-5,7H,6,13H2,1H3,(H,14,16). The van der Waals surface area contributed by atoms with Gasteiger partial charge in [-0.3, -0.25) is 14.2 Å². The first-order chi connectivity index (χ1) is 8.56. The number of nitrogen functional groups attached to an aromatic ring is 1. The van der Waals surface area contributed by atoms with Gasteiger partial charge in [0.1, 0.15) is 6.54 Å². The van der Waals surface area contributed by atoms with Crippen molar-refractivity contribution in [3.63, 3.8) is 0 Å². The van der Waals surface area contributed by atoms with Crippen molar-refractivity contribution in [1.29, 1.82) is 0 Å². The summed E-state index contributed by atoms with van der Waals surface area (Å²) >= 11 is 1.09. The predicted octanol–water partition coefficient (Wildman–Crippen LogP) is 1.44. The number of hydrogen-bond donors (Lipinski definition) is 2. The molecule has 0 spiro atoms. The van der Waals surface area contributed by atoms with Crippen LogP contribution < -0.4 is 15.9 Å². The van der Waals surface area contributed by atoms with Crippen LogP contribution in [0.25, 0.3) is 0 Å². The van der Waals surface area contributed by atoms with Crippen molar-refractivity contribution in [1.82, 2.24) is 4.57 Å². The molecule has 1 heterocycles. The SMILES string of the molecule is Cc1csc(=O)n1CC(=O)Nc1ccc(N)cc1. The molecule has 1 aromatic carbocycles. The molecule has 2 aromatic rings. The molecular formula is C12H13N3O2S. The summed E-state index contributed by atoms with van der Waals surface area (Å²) in [7, 11) is 0. The lowest BCUT2D eigenvalue weighted by Crippen LogP contribution is -2.25. The minimum absolute atomic E-state index is 0.0263. The second-order valence-corrected chi connectivity index (χ2v) is 4.72. The molecule has 0 radical (unpaired) electrons. The molecule has 0 aliphatic carbocycles. The maximum absolute atomic E-state index is 11.8. The number of nitrogens with one attached hydrogen (secondary N) is 1. The topological polar surface area (TPSA) is 77.1 Å². The van der Waals surface area contributed by atoms with Crippen LogP contribution in [-0.4, -0.2) is 10.5 Å². The maximum Gasteiger partial charge on any atom is 0.307 e. The Morgan fingerprint density at radius 1 is 1.39 bits per heavy atom. The first-order valence-electron chi connectivity index (χ1n) is 5.36. The van der Waals surface area contributed by atoms with Crippen molar-refractivity contribution in [3.8, 4) is 0 Å². The van der Waals surface area contributed by atoms with Crippen LogP contribution in [0.2, 0.25) is 0 Å². The van der Waals surface area contributed by atoms with Crippen molar-refractivity contribution < 1.29 is 4.79 Å². The molecule has 0 atom stereocenters. The van der Waals surface area contributed by atoms with E-state index in [0.717, 1.165) is 17.0 Å². The number of nitrogens with two attached hydrogens (primary N) is 1. The Morgan fingerprint density at radius 2 is 2.06 bits per heavy atom. The van der Waals surface area contributed by atoms with E-state index in [2.05, 4.69) is 5.32 Å².